The first-order chi connectivity index (χ1) is 14.4. The summed E-state index contributed by atoms with van der Waals surface area (Å²) in [6, 6.07) is 4.26. The number of hydroxylamine groups is 3. The van der Waals surface area contributed by atoms with Crippen LogP contribution in [-0.2, 0) is 16.1 Å². The fraction of sp³-hybridized carbons (Fsp3) is 0.591. The van der Waals surface area contributed by atoms with Gasteiger partial charge in [-0.05, 0) is 49.1 Å². The molecule has 1 saturated carbocycles. The monoisotopic (exact) mass is 412 g/mol. The molecule has 8 nitrogen and oxygen atoms in total. The molecular formula is C22H28N4O4. The fourth-order valence-electron chi connectivity index (χ4n) is 5.72. The Labute approximate surface area is 175 Å². The first-order valence-electron chi connectivity index (χ1n) is 10.9. The first kappa shape index (κ1) is 19.7. The van der Waals surface area contributed by atoms with Gasteiger partial charge in [-0.1, -0.05) is 6.07 Å². The van der Waals surface area contributed by atoms with Crippen molar-refractivity contribution in [1.29, 1.82) is 0 Å². The van der Waals surface area contributed by atoms with Gasteiger partial charge in [0.1, 0.15) is 6.54 Å². The molecule has 0 bridgehead atoms. The Balaban J connectivity index is 1.21. The summed E-state index contributed by atoms with van der Waals surface area (Å²) in [5.41, 5.74) is 2.48. The molecule has 3 N–H and O–H groups in total. The van der Waals surface area contributed by atoms with Crippen molar-refractivity contribution in [1.82, 2.24) is 10.6 Å². The Morgan fingerprint density at radius 3 is 2.70 bits per heavy atom. The number of hydrogen-bond donors (Lipinski definition) is 3. The summed E-state index contributed by atoms with van der Waals surface area (Å²) >= 11 is 0. The minimum Gasteiger partial charge on any atom is -0.624 e. The lowest BCUT2D eigenvalue weighted by molar-refractivity contribution is -0.825. The lowest BCUT2D eigenvalue weighted by Gasteiger charge is -2.54. The Bertz CT molecular complexity index is 904. The van der Waals surface area contributed by atoms with Crippen LogP contribution in [0.4, 0.5) is 5.69 Å². The number of rotatable bonds is 6. The van der Waals surface area contributed by atoms with E-state index in [0.717, 1.165) is 24.6 Å². The number of amides is 3. The van der Waals surface area contributed by atoms with Crippen molar-refractivity contribution in [2.24, 2.45) is 11.3 Å². The van der Waals surface area contributed by atoms with Crippen LogP contribution < -0.4 is 16.0 Å². The maximum atomic E-state index is 13.5. The normalized spacial score (nSPS) is 29.9. The molecule has 0 aromatic heterocycles. The zero-order valence-electron chi connectivity index (χ0n) is 17.0. The molecule has 4 aliphatic rings. The van der Waals surface area contributed by atoms with Gasteiger partial charge in [-0.3, -0.25) is 19.6 Å². The minimum absolute atomic E-state index is 0.0677. The quantitative estimate of drug-likeness (QED) is 0.284. The van der Waals surface area contributed by atoms with Gasteiger partial charge in [0.25, 0.3) is 5.91 Å². The van der Waals surface area contributed by atoms with Crippen molar-refractivity contribution in [3.63, 3.8) is 0 Å². The van der Waals surface area contributed by atoms with E-state index in [1.54, 1.807) is 12.1 Å². The van der Waals surface area contributed by atoms with Crippen molar-refractivity contribution in [2.75, 3.05) is 25.0 Å². The minimum atomic E-state index is -1.23. The molecule has 3 fully saturated rings. The average Bonchev–Trinajstić information content (AvgIpc) is 2.91. The highest BCUT2D eigenvalue weighted by atomic mass is 16.6. The average molecular weight is 412 g/mol. The molecule has 3 heterocycles. The second-order valence-corrected chi connectivity index (χ2v) is 9.50. The zero-order valence-corrected chi connectivity index (χ0v) is 17.0. The van der Waals surface area contributed by atoms with E-state index in [-0.39, 0.29) is 25.3 Å². The number of quaternary nitrogens is 1. The van der Waals surface area contributed by atoms with Gasteiger partial charge in [-0.2, -0.15) is 0 Å². The third-order valence-corrected chi connectivity index (χ3v) is 7.40. The molecule has 30 heavy (non-hydrogen) atoms. The number of imide groups is 1. The fourth-order valence-corrected chi connectivity index (χ4v) is 5.72. The van der Waals surface area contributed by atoms with E-state index < -0.39 is 22.5 Å². The van der Waals surface area contributed by atoms with Crippen molar-refractivity contribution in [3.8, 4) is 0 Å². The molecule has 1 aromatic carbocycles. The molecule has 160 valence electrons. The van der Waals surface area contributed by atoms with Gasteiger partial charge in [0.15, 0.2) is 6.04 Å². The van der Waals surface area contributed by atoms with E-state index in [1.165, 1.54) is 32.4 Å². The molecular weight excluding hydrogens is 384 g/mol. The number of nitrogens with one attached hydrogen (secondary N) is 3. The second kappa shape index (κ2) is 7.14. The van der Waals surface area contributed by atoms with Crippen LogP contribution in [0.2, 0.25) is 0 Å². The van der Waals surface area contributed by atoms with Gasteiger partial charge in [0, 0.05) is 43.7 Å². The maximum absolute atomic E-state index is 13.5. The lowest BCUT2D eigenvalue weighted by Crippen LogP contribution is -2.60. The van der Waals surface area contributed by atoms with Crippen LogP contribution in [-0.4, -0.2) is 48.0 Å². The Kier molecular flexibility index (Phi) is 4.68. The number of hydrogen-bond acceptors (Lipinski definition) is 6. The number of piperidine rings is 1. The third kappa shape index (κ3) is 3.14. The Hall–Kier alpha value is -2.29. The molecule has 3 amide bonds. The number of carbonyl (C=O) groups excluding carboxylic acids is 3. The van der Waals surface area contributed by atoms with E-state index in [9.17, 15) is 19.6 Å². The molecule has 2 unspecified atom stereocenters. The topological polar surface area (TPSA) is 110 Å². The number of anilines is 1. The number of benzene rings is 1. The van der Waals surface area contributed by atoms with E-state index in [4.69, 9.17) is 0 Å². The van der Waals surface area contributed by atoms with Crippen LogP contribution in [0.1, 0.15) is 54.4 Å². The first-order valence-corrected chi connectivity index (χ1v) is 10.9. The molecule has 2 saturated heterocycles. The van der Waals surface area contributed by atoms with Crippen molar-refractivity contribution in [3.05, 3.63) is 34.5 Å². The maximum Gasteiger partial charge on any atom is 0.347 e. The number of nitrogens with zero attached hydrogens (tertiary/aromatic N) is 1. The van der Waals surface area contributed by atoms with Gasteiger partial charge in [-0.15, -0.1) is 0 Å². The van der Waals surface area contributed by atoms with E-state index in [2.05, 4.69) is 16.0 Å². The smallest absolute Gasteiger partial charge is 0.347 e. The standard InChI is InChI=1S/C22H28N4O4/c27-19-7-6-18(20(28)25-19)26(30)11-16-15(21(26)29)4-1-5-17(16)24-8-2-3-14-9-22(10-14)12-23-13-22/h1,4-5,14,18,23-24H,2-3,6-13H2,(H,25,27,28). The molecule has 1 spiro atoms. The summed E-state index contributed by atoms with van der Waals surface area (Å²) in [7, 11) is 0. The molecule has 1 aromatic rings. The molecule has 1 aliphatic carbocycles. The summed E-state index contributed by atoms with van der Waals surface area (Å²) in [5.74, 6) is -0.801. The Morgan fingerprint density at radius 1 is 1.20 bits per heavy atom. The van der Waals surface area contributed by atoms with Crippen LogP contribution in [0.25, 0.3) is 0 Å². The third-order valence-electron chi connectivity index (χ3n) is 7.40. The van der Waals surface area contributed by atoms with Crippen LogP contribution >= 0.6 is 0 Å². The van der Waals surface area contributed by atoms with Gasteiger partial charge in [0.2, 0.25) is 5.91 Å². The number of carbonyl (C=O) groups is 3. The largest absolute Gasteiger partial charge is 0.624 e. The van der Waals surface area contributed by atoms with Crippen LogP contribution in [0.15, 0.2) is 18.2 Å². The summed E-state index contributed by atoms with van der Waals surface area (Å²) in [6.07, 6.45) is 5.10. The van der Waals surface area contributed by atoms with Gasteiger partial charge in [0.05, 0.1) is 5.56 Å². The second-order valence-electron chi connectivity index (χ2n) is 9.50. The Morgan fingerprint density at radius 2 is 2.00 bits per heavy atom. The molecule has 8 heteroatoms. The molecule has 0 radical (unpaired) electrons. The molecule has 5 rings (SSSR count). The van der Waals surface area contributed by atoms with E-state index in [1.807, 2.05) is 6.07 Å². The molecule has 2 atom stereocenters. The zero-order chi connectivity index (χ0) is 20.9. The summed E-state index contributed by atoms with van der Waals surface area (Å²) < 4.78 is -1.23. The van der Waals surface area contributed by atoms with Crippen molar-refractivity contribution >= 4 is 23.4 Å². The van der Waals surface area contributed by atoms with E-state index >= 15 is 0 Å². The van der Waals surface area contributed by atoms with E-state index in [0.29, 0.717) is 16.5 Å². The lowest BCUT2D eigenvalue weighted by atomic mass is 9.57. The van der Waals surface area contributed by atoms with Gasteiger partial charge < -0.3 is 15.8 Å². The summed E-state index contributed by atoms with van der Waals surface area (Å²) in [5, 5.41) is 22.4. The van der Waals surface area contributed by atoms with Crippen molar-refractivity contribution < 1.29 is 19.0 Å². The van der Waals surface area contributed by atoms with Gasteiger partial charge >= 0.3 is 5.91 Å². The van der Waals surface area contributed by atoms with Crippen LogP contribution in [0.5, 0.6) is 0 Å². The van der Waals surface area contributed by atoms with Gasteiger partial charge in [-0.25, -0.2) is 4.79 Å². The molecule has 3 aliphatic heterocycles. The highest BCUT2D eigenvalue weighted by molar-refractivity contribution is 6.02. The summed E-state index contributed by atoms with van der Waals surface area (Å²) in [6.45, 7) is 3.08. The SMILES string of the molecule is O=C1CCC([N+]2([O-])Cc3c(NCCCC4CC5(CNC5)C4)cccc3C2=O)C(=O)N1. The summed E-state index contributed by atoms with van der Waals surface area (Å²) in [4.78, 5) is 36.6. The highest BCUT2D eigenvalue weighted by Crippen LogP contribution is 2.50. The number of fused-ring (bicyclic) bond motifs is 1. The predicted octanol–water partition coefficient (Wildman–Crippen LogP) is 1.65. The van der Waals surface area contributed by atoms with Crippen LogP contribution in [0.3, 0.4) is 0 Å². The highest BCUT2D eigenvalue weighted by Gasteiger charge is 2.50. The predicted molar refractivity (Wildman–Crippen MR) is 110 cm³/mol. The van der Waals surface area contributed by atoms with Crippen LogP contribution in [0, 0.1) is 16.5 Å². The van der Waals surface area contributed by atoms with Crippen molar-refractivity contribution in [2.45, 2.75) is 51.1 Å².